The van der Waals surface area contributed by atoms with Gasteiger partial charge in [-0.15, -0.1) is 0 Å². The third-order valence-corrected chi connectivity index (χ3v) is 3.70. The van der Waals surface area contributed by atoms with Gasteiger partial charge in [0, 0.05) is 5.69 Å². The van der Waals surface area contributed by atoms with E-state index in [1.807, 2.05) is 25.1 Å². The van der Waals surface area contributed by atoms with Gasteiger partial charge in [-0.3, -0.25) is 4.79 Å². The van der Waals surface area contributed by atoms with Crippen LogP contribution < -0.4 is 5.73 Å². The number of carbonyl (C=O) groups is 1. The molecule has 0 saturated carbocycles. The molecule has 0 amide bonds. The topological polar surface area (TPSA) is 63.3 Å². The van der Waals surface area contributed by atoms with Crippen LogP contribution in [0.1, 0.15) is 30.9 Å². The van der Waals surface area contributed by atoms with Crippen LogP contribution in [0.2, 0.25) is 0 Å². The molecule has 80 valence electrons. The summed E-state index contributed by atoms with van der Waals surface area (Å²) in [5.41, 5.74) is 7.96. The van der Waals surface area contributed by atoms with E-state index in [4.69, 9.17) is 5.73 Å². The molecule has 0 aromatic heterocycles. The summed E-state index contributed by atoms with van der Waals surface area (Å²) < 4.78 is 0. The second-order valence-corrected chi connectivity index (χ2v) is 4.54. The highest BCUT2D eigenvalue weighted by Gasteiger charge is 2.46. The van der Waals surface area contributed by atoms with E-state index in [0.29, 0.717) is 12.1 Å². The Labute approximate surface area is 88.9 Å². The smallest absolute Gasteiger partial charge is 0.310 e. The van der Waals surface area contributed by atoms with Gasteiger partial charge in [0.2, 0.25) is 0 Å². The molecule has 0 bridgehead atoms. The number of rotatable bonds is 1. The fraction of sp³-hybridized carbons (Fsp3) is 0.417. The zero-order valence-electron chi connectivity index (χ0n) is 8.95. The molecule has 3 heteroatoms. The summed E-state index contributed by atoms with van der Waals surface area (Å²) in [4.78, 5) is 11.3. The van der Waals surface area contributed by atoms with Crippen molar-refractivity contribution >= 4 is 11.7 Å². The molecule has 0 heterocycles. The third kappa shape index (κ3) is 1.23. The molecule has 0 aliphatic heterocycles. The van der Waals surface area contributed by atoms with Crippen molar-refractivity contribution in [2.45, 2.75) is 26.2 Å². The van der Waals surface area contributed by atoms with Crippen molar-refractivity contribution in [2.75, 3.05) is 5.73 Å². The number of benzene rings is 1. The van der Waals surface area contributed by atoms with Crippen molar-refractivity contribution in [1.82, 2.24) is 0 Å². The lowest BCUT2D eigenvalue weighted by molar-refractivity contribution is -0.148. The molecule has 2 unspecified atom stereocenters. The van der Waals surface area contributed by atoms with Gasteiger partial charge in [-0.05, 0) is 36.5 Å². The fourth-order valence-corrected chi connectivity index (χ4v) is 2.36. The summed E-state index contributed by atoms with van der Waals surface area (Å²) in [5.74, 6) is -0.723. The van der Waals surface area contributed by atoms with E-state index in [-0.39, 0.29) is 5.92 Å². The first-order chi connectivity index (χ1) is 6.97. The van der Waals surface area contributed by atoms with Gasteiger partial charge in [-0.2, -0.15) is 0 Å². The normalized spacial score (nSPS) is 28.8. The third-order valence-electron chi connectivity index (χ3n) is 3.70. The Kier molecular flexibility index (Phi) is 2.00. The lowest BCUT2D eigenvalue weighted by Crippen LogP contribution is -2.30. The summed E-state index contributed by atoms with van der Waals surface area (Å²) >= 11 is 0. The number of hydrogen-bond acceptors (Lipinski definition) is 2. The Hall–Kier alpha value is -1.51. The van der Waals surface area contributed by atoms with Gasteiger partial charge in [0.1, 0.15) is 0 Å². The van der Waals surface area contributed by atoms with Crippen molar-refractivity contribution in [3.05, 3.63) is 29.3 Å². The van der Waals surface area contributed by atoms with Gasteiger partial charge < -0.3 is 10.8 Å². The van der Waals surface area contributed by atoms with Gasteiger partial charge in [0.25, 0.3) is 0 Å². The number of carboxylic acids is 1. The number of aliphatic carboxylic acids is 1. The van der Waals surface area contributed by atoms with Crippen LogP contribution in [-0.2, 0) is 11.2 Å². The standard InChI is InChI=1S/C12H15NO2/c1-7-8-4-3-5-10(13)9(8)6-12(7,2)11(14)15/h3-5,7H,6,13H2,1-2H3,(H,14,15). The minimum absolute atomic E-state index is 0.0218. The molecule has 3 N–H and O–H groups in total. The number of nitrogens with two attached hydrogens (primary N) is 1. The first-order valence-electron chi connectivity index (χ1n) is 5.07. The highest BCUT2D eigenvalue weighted by Crippen LogP contribution is 2.48. The van der Waals surface area contributed by atoms with E-state index in [1.54, 1.807) is 6.92 Å². The van der Waals surface area contributed by atoms with Gasteiger partial charge >= 0.3 is 5.97 Å². The minimum atomic E-state index is -0.745. The summed E-state index contributed by atoms with van der Waals surface area (Å²) in [6, 6.07) is 5.70. The summed E-state index contributed by atoms with van der Waals surface area (Å²) in [6.45, 7) is 3.75. The molecule has 0 fully saturated rings. The molecule has 3 nitrogen and oxygen atoms in total. The van der Waals surface area contributed by atoms with Crippen LogP contribution in [0.25, 0.3) is 0 Å². The zero-order chi connectivity index (χ0) is 11.2. The van der Waals surface area contributed by atoms with E-state index >= 15 is 0 Å². The predicted octanol–water partition coefficient (Wildman–Crippen LogP) is 2.02. The maximum Gasteiger partial charge on any atom is 0.310 e. The molecule has 0 radical (unpaired) electrons. The Bertz CT molecular complexity index is 428. The second-order valence-electron chi connectivity index (χ2n) is 4.54. The van der Waals surface area contributed by atoms with Crippen LogP contribution in [0.5, 0.6) is 0 Å². The average Bonchev–Trinajstić information content (AvgIpc) is 2.44. The summed E-state index contributed by atoms with van der Waals surface area (Å²) in [7, 11) is 0. The maximum absolute atomic E-state index is 11.3. The van der Waals surface area contributed by atoms with Crippen molar-refractivity contribution in [3.8, 4) is 0 Å². The van der Waals surface area contributed by atoms with Gasteiger partial charge in [0.05, 0.1) is 5.41 Å². The van der Waals surface area contributed by atoms with Gasteiger partial charge in [-0.1, -0.05) is 19.1 Å². The molecule has 1 aromatic rings. The monoisotopic (exact) mass is 205 g/mol. The molecule has 0 spiro atoms. The minimum Gasteiger partial charge on any atom is -0.481 e. The Morgan fingerprint density at radius 1 is 1.60 bits per heavy atom. The quantitative estimate of drug-likeness (QED) is 0.689. The van der Waals surface area contributed by atoms with Crippen molar-refractivity contribution in [2.24, 2.45) is 5.41 Å². The predicted molar refractivity (Wildman–Crippen MR) is 58.7 cm³/mol. The molecule has 1 aliphatic rings. The van der Waals surface area contributed by atoms with Crippen LogP contribution in [0.3, 0.4) is 0 Å². The van der Waals surface area contributed by atoms with E-state index in [1.165, 1.54) is 0 Å². The first kappa shape index (κ1) is 10.0. The summed E-state index contributed by atoms with van der Waals surface area (Å²) in [6.07, 6.45) is 0.533. The molecular formula is C12H15NO2. The second kappa shape index (κ2) is 2.99. The molecule has 1 aliphatic carbocycles. The lowest BCUT2D eigenvalue weighted by Gasteiger charge is -2.23. The van der Waals surface area contributed by atoms with Gasteiger partial charge in [0.15, 0.2) is 0 Å². The van der Waals surface area contributed by atoms with Crippen molar-refractivity contribution in [1.29, 1.82) is 0 Å². The van der Waals surface area contributed by atoms with Crippen LogP contribution in [-0.4, -0.2) is 11.1 Å². The molecule has 1 aromatic carbocycles. The van der Waals surface area contributed by atoms with E-state index < -0.39 is 11.4 Å². The van der Waals surface area contributed by atoms with Crippen LogP contribution in [0, 0.1) is 5.41 Å². The zero-order valence-corrected chi connectivity index (χ0v) is 8.95. The first-order valence-corrected chi connectivity index (χ1v) is 5.07. The molecular weight excluding hydrogens is 190 g/mol. The number of carboxylic acid groups (broad SMARTS) is 1. The van der Waals surface area contributed by atoms with Gasteiger partial charge in [-0.25, -0.2) is 0 Å². The largest absolute Gasteiger partial charge is 0.481 e. The van der Waals surface area contributed by atoms with Crippen LogP contribution >= 0.6 is 0 Å². The highest BCUT2D eigenvalue weighted by atomic mass is 16.4. The maximum atomic E-state index is 11.3. The Morgan fingerprint density at radius 2 is 2.27 bits per heavy atom. The number of nitrogen functional groups attached to an aromatic ring is 1. The fourth-order valence-electron chi connectivity index (χ4n) is 2.36. The molecule has 15 heavy (non-hydrogen) atoms. The Balaban J connectivity index is 2.54. The van der Waals surface area contributed by atoms with Crippen LogP contribution in [0.4, 0.5) is 5.69 Å². The Morgan fingerprint density at radius 3 is 2.80 bits per heavy atom. The number of hydrogen-bond donors (Lipinski definition) is 2. The summed E-state index contributed by atoms with van der Waals surface area (Å²) in [5, 5.41) is 9.27. The van der Waals surface area contributed by atoms with Crippen LogP contribution in [0.15, 0.2) is 18.2 Å². The average molecular weight is 205 g/mol. The SMILES string of the molecule is CC1c2cccc(N)c2CC1(C)C(=O)O. The highest BCUT2D eigenvalue weighted by molar-refractivity contribution is 5.79. The van der Waals surface area contributed by atoms with E-state index in [2.05, 4.69) is 0 Å². The van der Waals surface area contributed by atoms with Crippen molar-refractivity contribution < 1.29 is 9.90 Å². The van der Waals surface area contributed by atoms with E-state index in [9.17, 15) is 9.90 Å². The van der Waals surface area contributed by atoms with E-state index in [0.717, 1.165) is 11.1 Å². The lowest BCUT2D eigenvalue weighted by atomic mass is 9.79. The molecule has 2 atom stereocenters. The molecule has 0 saturated heterocycles. The number of fused-ring (bicyclic) bond motifs is 1. The van der Waals surface area contributed by atoms with Crippen molar-refractivity contribution in [3.63, 3.8) is 0 Å². The number of anilines is 1. The molecule has 2 rings (SSSR count).